The summed E-state index contributed by atoms with van der Waals surface area (Å²) >= 11 is 0. The number of nitrogens with two attached hydrogens (primary N) is 1. The zero-order valence-corrected chi connectivity index (χ0v) is 14.6. The van der Waals surface area contributed by atoms with Gasteiger partial charge in [-0.1, -0.05) is 25.1 Å². The Morgan fingerprint density at radius 1 is 1.26 bits per heavy atom. The van der Waals surface area contributed by atoms with Crippen LogP contribution in [-0.4, -0.2) is 31.5 Å². The van der Waals surface area contributed by atoms with E-state index in [0.717, 1.165) is 29.7 Å². The third kappa shape index (κ3) is 4.99. The van der Waals surface area contributed by atoms with E-state index in [-0.39, 0.29) is 12.0 Å². The highest BCUT2D eigenvalue weighted by Crippen LogP contribution is 2.17. The number of hydrogen-bond acceptors (Lipinski definition) is 6. The zero-order chi connectivity index (χ0) is 16.8. The number of hydrogen-bond donors (Lipinski definition) is 2. The van der Waals surface area contributed by atoms with E-state index in [2.05, 4.69) is 27.2 Å². The molecular weight excluding hydrogens is 310 g/mol. The summed E-state index contributed by atoms with van der Waals surface area (Å²) < 4.78 is 11.8. The number of benzene rings is 1. The van der Waals surface area contributed by atoms with Crippen LogP contribution in [0.2, 0.25) is 0 Å². The first-order valence-electron chi connectivity index (χ1n) is 7.65. The predicted molar refractivity (Wildman–Crippen MR) is 93.8 cm³/mol. The molecule has 0 radical (unpaired) electrons. The Kier molecular flexibility index (Phi) is 6.04. The number of aromatic nitrogens is 3. The quantitative estimate of drug-likeness (QED) is 0.807. The zero-order valence-electron chi connectivity index (χ0n) is 13.7. The lowest BCUT2D eigenvalue weighted by atomic mass is 10.0. The van der Waals surface area contributed by atoms with Gasteiger partial charge in [-0.15, -0.1) is 0 Å². The van der Waals surface area contributed by atoms with Gasteiger partial charge in [0.15, 0.2) is 0 Å². The van der Waals surface area contributed by atoms with E-state index in [1.54, 1.807) is 13.2 Å². The Morgan fingerprint density at radius 2 is 2.00 bits per heavy atom. The van der Waals surface area contributed by atoms with Crippen LogP contribution in [-0.2, 0) is 17.2 Å². The van der Waals surface area contributed by atoms with Gasteiger partial charge in [0, 0.05) is 17.2 Å². The van der Waals surface area contributed by atoms with Crippen LogP contribution in [0.4, 0.5) is 11.9 Å². The van der Waals surface area contributed by atoms with Crippen molar-refractivity contribution in [1.29, 1.82) is 0 Å². The molecule has 0 aliphatic rings. The first-order chi connectivity index (χ1) is 11.0. The van der Waals surface area contributed by atoms with E-state index in [1.165, 1.54) is 0 Å². The summed E-state index contributed by atoms with van der Waals surface area (Å²) in [5.41, 5.74) is 6.78. The molecule has 2 atom stereocenters. The van der Waals surface area contributed by atoms with Gasteiger partial charge in [0.1, 0.15) is 5.82 Å². The van der Waals surface area contributed by atoms with Crippen LogP contribution in [0.25, 0.3) is 0 Å². The summed E-state index contributed by atoms with van der Waals surface area (Å²) in [5.74, 6) is 1.33. The van der Waals surface area contributed by atoms with Gasteiger partial charge >= 0.3 is 0 Å². The molecule has 0 bridgehead atoms. The maximum Gasteiger partial charge on any atom is 0.227 e. The van der Waals surface area contributed by atoms with Crippen molar-refractivity contribution in [2.45, 2.75) is 44.0 Å². The van der Waals surface area contributed by atoms with Crippen LogP contribution < -0.4 is 11.1 Å². The fourth-order valence-electron chi connectivity index (χ4n) is 2.45. The fraction of sp³-hybridized carbons (Fsp3) is 0.438. The molecule has 0 fully saturated rings. The Bertz CT molecular complexity index is 672. The second-order valence-electron chi connectivity index (χ2n) is 5.41. The van der Waals surface area contributed by atoms with E-state index >= 15 is 0 Å². The van der Waals surface area contributed by atoms with Crippen molar-refractivity contribution in [3.63, 3.8) is 0 Å². The van der Waals surface area contributed by atoms with Crippen molar-refractivity contribution in [2.75, 3.05) is 17.3 Å². The largest absolute Gasteiger partial charge is 0.368 e. The molecule has 2 unspecified atom stereocenters. The van der Waals surface area contributed by atoms with Crippen molar-refractivity contribution in [1.82, 2.24) is 15.0 Å². The van der Waals surface area contributed by atoms with Crippen LogP contribution in [0.5, 0.6) is 0 Å². The topological polar surface area (TPSA) is 93.8 Å². The minimum absolute atomic E-state index is 0.217. The maximum atomic E-state index is 11.8. The van der Waals surface area contributed by atoms with E-state index < -0.39 is 10.8 Å². The molecule has 0 amide bonds. The molecule has 23 heavy (non-hydrogen) atoms. The number of nitrogen functional groups attached to an aromatic ring is 1. The average Bonchev–Trinajstić information content (AvgIpc) is 2.50. The van der Waals surface area contributed by atoms with Crippen molar-refractivity contribution >= 4 is 22.7 Å². The summed E-state index contributed by atoms with van der Waals surface area (Å²) in [4.78, 5) is 13.3. The molecule has 2 rings (SSSR count). The van der Waals surface area contributed by atoms with Crippen molar-refractivity contribution in [3.8, 4) is 0 Å². The summed E-state index contributed by atoms with van der Waals surface area (Å²) in [5, 5.41) is 3.31. The first kappa shape index (κ1) is 17.3. The van der Waals surface area contributed by atoms with Crippen molar-refractivity contribution in [2.24, 2.45) is 0 Å². The molecule has 3 N–H and O–H groups in total. The molecule has 0 spiro atoms. The van der Waals surface area contributed by atoms with Gasteiger partial charge in [-0.25, -0.2) is 0 Å². The second kappa shape index (κ2) is 8.01. The van der Waals surface area contributed by atoms with Crippen LogP contribution in [0.1, 0.15) is 31.2 Å². The molecule has 1 heterocycles. The van der Waals surface area contributed by atoms with Gasteiger partial charge in [0.25, 0.3) is 0 Å². The van der Waals surface area contributed by atoms with Crippen LogP contribution >= 0.6 is 0 Å². The monoisotopic (exact) mass is 333 g/mol. The smallest absolute Gasteiger partial charge is 0.227 e. The predicted octanol–water partition coefficient (Wildman–Crippen LogP) is 2.32. The molecule has 2 aromatic rings. The maximum absolute atomic E-state index is 11.8. The standard InChI is InChI=1S/C16H23N5OS/c1-4-13(20-16-19-11(2)18-15(17)21-16)10-9-12-7-5-6-8-14(12)23(3)22/h5-8,13H,4,9-10H2,1-3H3,(H3,17,18,19,20,21). The summed E-state index contributed by atoms with van der Waals surface area (Å²) in [6.45, 7) is 3.90. The van der Waals surface area contributed by atoms with Crippen LogP contribution in [0.3, 0.4) is 0 Å². The van der Waals surface area contributed by atoms with Crippen LogP contribution in [0.15, 0.2) is 29.2 Å². The molecule has 1 aromatic carbocycles. The van der Waals surface area contributed by atoms with Gasteiger partial charge in [-0.2, -0.15) is 15.0 Å². The third-order valence-corrected chi connectivity index (χ3v) is 4.65. The first-order valence-corrected chi connectivity index (χ1v) is 9.21. The molecule has 0 saturated heterocycles. The van der Waals surface area contributed by atoms with Gasteiger partial charge in [-0.3, -0.25) is 4.21 Å². The van der Waals surface area contributed by atoms with E-state index in [9.17, 15) is 4.21 Å². The number of nitrogens with one attached hydrogen (secondary N) is 1. The van der Waals surface area contributed by atoms with Crippen LogP contribution in [0, 0.1) is 6.92 Å². The Balaban J connectivity index is 2.04. The number of nitrogens with zero attached hydrogens (tertiary/aromatic N) is 3. The molecular formula is C16H23N5OS. The third-order valence-electron chi connectivity index (χ3n) is 3.63. The van der Waals surface area contributed by atoms with Crippen molar-refractivity contribution in [3.05, 3.63) is 35.7 Å². The Morgan fingerprint density at radius 3 is 2.65 bits per heavy atom. The summed E-state index contributed by atoms with van der Waals surface area (Å²) in [6, 6.07) is 8.08. The lowest BCUT2D eigenvalue weighted by Crippen LogP contribution is -2.22. The lowest BCUT2D eigenvalue weighted by Gasteiger charge is -2.18. The molecule has 7 heteroatoms. The molecule has 0 aliphatic heterocycles. The van der Waals surface area contributed by atoms with E-state index in [0.29, 0.717) is 11.8 Å². The molecule has 1 aromatic heterocycles. The average molecular weight is 333 g/mol. The van der Waals surface area contributed by atoms with Gasteiger partial charge < -0.3 is 11.1 Å². The fourth-order valence-corrected chi connectivity index (χ4v) is 3.26. The molecule has 6 nitrogen and oxygen atoms in total. The van der Waals surface area contributed by atoms with Gasteiger partial charge in [0.2, 0.25) is 11.9 Å². The summed E-state index contributed by atoms with van der Waals surface area (Å²) in [7, 11) is -0.971. The number of rotatable bonds is 7. The summed E-state index contributed by atoms with van der Waals surface area (Å²) in [6.07, 6.45) is 4.39. The lowest BCUT2D eigenvalue weighted by molar-refractivity contribution is 0.622. The second-order valence-corrected chi connectivity index (χ2v) is 6.76. The molecule has 124 valence electrons. The normalized spacial score (nSPS) is 13.5. The van der Waals surface area contributed by atoms with E-state index in [1.807, 2.05) is 24.3 Å². The molecule has 0 saturated carbocycles. The minimum Gasteiger partial charge on any atom is -0.368 e. The number of aryl methyl sites for hydroxylation is 2. The highest BCUT2D eigenvalue weighted by molar-refractivity contribution is 7.84. The van der Waals surface area contributed by atoms with Crippen molar-refractivity contribution < 1.29 is 4.21 Å². The van der Waals surface area contributed by atoms with E-state index in [4.69, 9.17) is 5.73 Å². The SMILES string of the molecule is CCC(CCc1ccccc1S(C)=O)Nc1nc(C)nc(N)n1. The van der Waals surface area contributed by atoms with Gasteiger partial charge in [0.05, 0.1) is 10.8 Å². The van der Waals surface area contributed by atoms with Gasteiger partial charge in [-0.05, 0) is 37.8 Å². The Hall–Kier alpha value is -2.02. The number of anilines is 2. The highest BCUT2D eigenvalue weighted by Gasteiger charge is 2.12. The minimum atomic E-state index is -0.971. The molecule has 0 aliphatic carbocycles. The Labute approximate surface area is 139 Å². The highest BCUT2D eigenvalue weighted by atomic mass is 32.2.